The van der Waals surface area contributed by atoms with Gasteiger partial charge in [-0.05, 0) is 32.4 Å². The molecule has 2 heterocycles. The Labute approximate surface area is 118 Å². The molecule has 2 rings (SSSR count). The molecule has 0 aromatic rings. The zero-order valence-corrected chi connectivity index (χ0v) is 13.1. The van der Waals surface area contributed by atoms with Crippen molar-refractivity contribution < 1.29 is 4.74 Å². The molecule has 0 aromatic heterocycles. The topological polar surface area (TPSA) is 27.7 Å². The fourth-order valence-corrected chi connectivity index (χ4v) is 3.30. The van der Waals surface area contributed by atoms with Gasteiger partial charge in [-0.25, -0.2) is 0 Å². The summed E-state index contributed by atoms with van der Waals surface area (Å²) in [7, 11) is 2.06. The van der Waals surface area contributed by atoms with E-state index in [0.29, 0.717) is 11.5 Å². The lowest BCUT2D eigenvalue weighted by Crippen LogP contribution is -2.47. The van der Waals surface area contributed by atoms with Gasteiger partial charge in [0.2, 0.25) is 0 Å². The molecular formula is C15H31N3O. The number of hydrogen-bond donors (Lipinski definition) is 1. The van der Waals surface area contributed by atoms with Gasteiger partial charge in [-0.3, -0.25) is 4.90 Å². The molecule has 0 radical (unpaired) electrons. The lowest BCUT2D eigenvalue weighted by Gasteiger charge is -2.36. The van der Waals surface area contributed by atoms with Gasteiger partial charge in [0.25, 0.3) is 0 Å². The molecule has 2 saturated heterocycles. The first-order valence-corrected chi connectivity index (χ1v) is 7.74. The lowest BCUT2D eigenvalue weighted by atomic mass is 9.85. The van der Waals surface area contributed by atoms with E-state index in [1.54, 1.807) is 0 Å². The van der Waals surface area contributed by atoms with Gasteiger partial charge < -0.3 is 15.0 Å². The van der Waals surface area contributed by atoms with Crippen LogP contribution >= 0.6 is 0 Å². The van der Waals surface area contributed by atoms with Crippen molar-refractivity contribution in [1.82, 2.24) is 15.1 Å². The fraction of sp³-hybridized carbons (Fsp3) is 1.00. The van der Waals surface area contributed by atoms with Crippen LogP contribution in [-0.2, 0) is 4.74 Å². The molecule has 0 amide bonds. The minimum Gasteiger partial charge on any atom is -0.379 e. The van der Waals surface area contributed by atoms with E-state index in [9.17, 15) is 0 Å². The van der Waals surface area contributed by atoms with Crippen LogP contribution in [0.3, 0.4) is 0 Å². The Morgan fingerprint density at radius 1 is 1.26 bits per heavy atom. The largest absolute Gasteiger partial charge is 0.379 e. The van der Waals surface area contributed by atoms with Gasteiger partial charge in [0.05, 0.1) is 13.2 Å². The zero-order chi connectivity index (χ0) is 13.9. The molecule has 0 aromatic carbocycles. The second kappa shape index (κ2) is 6.53. The second-order valence-corrected chi connectivity index (χ2v) is 6.82. The number of nitrogens with one attached hydrogen (secondary N) is 1. The first kappa shape index (κ1) is 15.2. The van der Waals surface area contributed by atoms with E-state index in [-0.39, 0.29) is 0 Å². The number of hydrogen-bond acceptors (Lipinski definition) is 4. The van der Waals surface area contributed by atoms with Crippen molar-refractivity contribution in [1.29, 1.82) is 0 Å². The van der Waals surface area contributed by atoms with Crippen LogP contribution in [0.4, 0.5) is 0 Å². The van der Waals surface area contributed by atoms with Crippen LogP contribution in [0.15, 0.2) is 0 Å². The van der Waals surface area contributed by atoms with Gasteiger partial charge in [0.1, 0.15) is 0 Å². The molecule has 2 aliphatic heterocycles. The van der Waals surface area contributed by atoms with E-state index in [0.717, 1.165) is 32.3 Å². The SMILES string of the molecule is CNC(C)C(C)(C)CN1CCC(N2CCOCC2)C1. The average molecular weight is 269 g/mol. The summed E-state index contributed by atoms with van der Waals surface area (Å²) in [5, 5.41) is 3.40. The van der Waals surface area contributed by atoms with Crippen LogP contribution in [-0.4, -0.2) is 74.9 Å². The first-order chi connectivity index (χ1) is 9.03. The summed E-state index contributed by atoms with van der Waals surface area (Å²) >= 11 is 0. The van der Waals surface area contributed by atoms with E-state index < -0.39 is 0 Å². The number of ether oxygens (including phenoxy) is 1. The number of nitrogens with zero attached hydrogens (tertiary/aromatic N) is 2. The Morgan fingerprint density at radius 2 is 1.95 bits per heavy atom. The molecule has 1 N–H and O–H groups in total. The molecular weight excluding hydrogens is 238 g/mol. The first-order valence-electron chi connectivity index (χ1n) is 7.74. The van der Waals surface area contributed by atoms with Crippen molar-refractivity contribution in [2.75, 3.05) is 53.0 Å². The van der Waals surface area contributed by atoms with Crippen LogP contribution in [0.2, 0.25) is 0 Å². The number of morpholine rings is 1. The summed E-state index contributed by atoms with van der Waals surface area (Å²) in [6.07, 6.45) is 1.32. The quantitative estimate of drug-likeness (QED) is 0.807. The highest BCUT2D eigenvalue weighted by molar-refractivity contribution is 4.89. The third-order valence-electron chi connectivity index (χ3n) is 5.05. The summed E-state index contributed by atoms with van der Waals surface area (Å²) in [5.41, 5.74) is 0.328. The van der Waals surface area contributed by atoms with Crippen molar-refractivity contribution in [3.63, 3.8) is 0 Å². The molecule has 0 spiro atoms. The summed E-state index contributed by atoms with van der Waals surface area (Å²) in [4.78, 5) is 5.27. The van der Waals surface area contributed by atoms with Crippen molar-refractivity contribution in [3.8, 4) is 0 Å². The number of rotatable bonds is 5. The predicted molar refractivity (Wildman–Crippen MR) is 79.5 cm³/mol. The Hall–Kier alpha value is -0.160. The van der Waals surface area contributed by atoms with E-state index in [1.807, 2.05) is 0 Å². The molecule has 4 heteroatoms. The monoisotopic (exact) mass is 269 g/mol. The molecule has 112 valence electrons. The Balaban J connectivity index is 1.81. The number of likely N-dealkylation sites (tertiary alicyclic amines) is 1. The molecule has 2 unspecified atom stereocenters. The minimum absolute atomic E-state index is 0.328. The van der Waals surface area contributed by atoms with Gasteiger partial charge >= 0.3 is 0 Å². The molecule has 2 fully saturated rings. The third kappa shape index (κ3) is 3.91. The average Bonchev–Trinajstić information content (AvgIpc) is 2.86. The molecule has 4 nitrogen and oxygen atoms in total. The molecule has 2 aliphatic rings. The highest BCUT2D eigenvalue weighted by Gasteiger charge is 2.33. The minimum atomic E-state index is 0.328. The molecule has 19 heavy (non-hydrogen) atoms. The summed E-state index contributed by atoms with van der Waals surface area (Å²) in [5.74, 6) is 0. The maximum Gasteiger partial charge on any atom is 0.0594 e. The Bertz CT molecular complexity index is 277. The third-order valence-corrected chi connectivity index (χ3v) is 5.05. The maximum atomic E-state index is 5.45. The van der Waals surface area contributed by atoms with Gasteiger partial charge in [-0.2, -0.15) is 0 Å². The standard InChI is InChI=1S/C15H31N3O/c1-13(16-4)15(2,3)12-17-6-5-14(11-17)18-7-9-19-10-8-18/h13-14,16H,5-12H2,1-4H3. The van der Waals surface area contributed by atoms with Crippen LogP contribution in [0, 0.1) is 5.41 Å². The van der Waals surface area contributed by atoms with Gasteiger partial charge in [-0.15, -0.1) is 0 Å². The lowest BCUT2D eigenvalue weighted by molar-refractivity contribution is 0.0176. The van der Waals surface area contributed by atoms with E-state index in [1.165, 1.54) is 26.1 Å². The van der Waals surface area contributed by atoms with Crippen molar-refractivity contribution in [2.45, 2.75) is 39.3 Å². The Kier molecular flexibility index (Phi) is 5.23. The van der Waals surface area contributed by atoms with Crippen LogP contribution in [0.5, 0.6) is 0 Å². The van der Waals surface area contributed by atoms with Crippen molar-refractivity contribution in [3.05, 3.63) is 0 Å². The van der Waals surface area contributed by atoms with Gasteiger partial charge in [0, 0.05) is 38.3 Å². The van der Waals surface area contributed by atoms with Crippen LogP contribution in [0.1, 0.15) is 27.2 Å². The highest BCUT2D eigenvalue weighted by Crippen LogP contribution is 2.25. The fourth-order valence-electron chi connectivity index (χ4n) is 3.30. The van der Waals surface area contributed by atoms with Crippen molar-refractivity contribution in [2.24, 2.45) is 5.41 Å². The van der Waals surface area contributed by atoms with E-state index >= 15 is 0 Å². The normalized spacial score (nSPS) is 28.7. The van der Waals surface area contributed by atoms with Crippen LogP contribution < -0.4 is 5.32 Å². The summed E-state index contributed by atoms with van der Waals surface area (Å²) in [6, 6.07) is 1.31. The summed E-state index contributed by atoms with van der Waals surface area (Å²) < 4.78 is 5.45. The van der Waals surface area contributed by atoms with E-state index in [4.69, 9.17) is 4.74 Å². The zero-order valence-electron chi connectivity index (χ0n) is 13.1. The second-order valence-electron chi connectivity index (χ2n) is 6.82. The van der Waals surface area contributed by atoms with E-state index in [2.05, 4.69) is 42.9 Å². The predicted octanol–water partition coefficient (Wildman–Crippen LogP) is 1.03. The van der Waals surface area contributed by atoms with Gasteiger partial charge in [0.15, 0.2) is 0 Å². The molecule has 0 bridgehead atoms. The van der Waals surface area contributed by atoms with Crippen LogP contribution in [0.25, 0.3) is 0 Å². The highest BCUT2D eigenvalue weighted by atomic mass is 16.5. The molecule has 2 atom stereocenters. The Morgan fingerprint density at radius 3 is 2.58 bits per heavy atom. The summed E-state index contributed by atoms with van der Waals surface area (Å²) in [6.45, 7) is 14.8. The van der Waals surface area contributed by atoms with Crippen molar-refractivity contribution >= 4 is 0 Å². The maximum absolute atomic E-state index is 5.45. The molecule has 0 aliphatic carbocycles. The molecule has 0 saturated carbocycles. The van der Waals surface area contributed by atoms with Gasteiger partial charge in [-0.1, -0.05) is 13.8 Å². The smallest absolute Gasteiger partial charge is 0.0594 e.